The van der Waals surface area contributed by atoms with Gasteiger partial charge in [0.2, 0.25) is 0 Å². The number of pyridine rings is 1. The lowest BCUT2D eigenvalue weighted by molar-refractivity contribution is -0.575. The van der Waals surface area contributed by atoms with Crippen LogP contribution in [0, 0.1) is 0 Å². The molecule has 0 aliphatic heterocycles. The Labute approximate surface area is 172 Å². The fourth-order valence-electron chi connectivity index (χ4n) is 2.95. The topological polar surface area (TPSA) is 36.1 Å². The molecule has 0 spiro atoms. The van der Waals surface area contributed by atoms with E-state index in [2.05, 4.69) is 31.3 Å². The van der Waals surface area contributed by atoms with E-state index in [1.807, 2.05) is 77.6 Å². The van der Waals surface area contributed by atoms with Gasteiger partial charge in [-0.25, -0.2) is 0 Å². The molecule has 142 valence electrons. The average Bonchev–Trinajstić information content (AvgIpc) is 2.75. The Balaban J connectivity index is 2.01. The second kappa shape index (κ2) is 9.29. The van der Waals surface area contributed by atoms with Crippen molar-refractivity contribution in [2.45, 2.75) is 26.2 Å². The van der Waals surface area contributed by atoms with Crippen molar-refractivity contribution in [1.29, 1.82) is 0 Å². The minimum atomic E-state index is 0.139. The van der Waals surface area contributed by atoms with Crippen molar-refractivity contribution in [1.82, 2.24) is 0 Å². The van der Waals surface area contributed by atoms with Gasteiger partial charge in [-0.05, 0) is 30.0 Å². The molecule has 0 amide bonds. The molecule has 0 saturated heterocycles. The number of aliphatic hydroxyl groups is 1. The Kier molecular flexibility index (Phi) is 6.56. The number of hydrogen-bond donors (Lipinski definition) is 2. The lowest BCUT2D eigenvalue weighted by atomic mass is 9.97. The van der Waals surface area contributed by atoms with Gasteiger partial charge in [-0.3, -0.25) is 0 Å². The third-order valence-electron chi connectivity index (χ3n) is 4.81. The molecule has 0 fully saturated rings. The quantitative estimate of drug-likeness (QED) is 0.242. The molecule has 0 aliphatic carbocycles. The Morgan fingerprint density at radius 2 is 1.57 bits per heavy atom. The lowest BCUT2D eigenvalue weighted by Crippen LogP contribution is -2.38. The first kappa shape index (κ1) is 19.8. The number of rotatable bonds is 6. The van der Waals surface area contributed by atoms with Crippen molar-refractivity contribution < 1.29 is 9.67 Å². The number of benzene rings is 2. The largest absolute Gasteiger partial charge is 0.502 e. The standard InChI is InChI=1S/C24H24N2OS/c1-3-18(2)19-12-14-20(15-13-19)23(27)22(26-16-8-5-9-17-26)24(28)25-21-10-6-4-7-11-21/h4-18H,3H2,1-2H3,(H-,25,27,28)/p+1/t18-/m1/s1. The van der Waals surface area contributed by atoms with E-state index in [1.54, 1.807) is 0 Å². The summed E-state index contributed by atoms with van der Waals surface area (Å²) >= 11 is 5.65. The van der Waals surface area contributed by atoms with Crippen LogP contribution in [-0.2, 0) is 0 Å². The van der Waals surface area contributed by atoms with Gasteiger partial charge in [0.05, 0.1) is 0 Å². The molecule has 3 aromatic rings. The van der Waals surface area contributed by atoms with Crippen LogP contribution in [0.5, 0.6) is 0 Å². The summed E-state index contributed by atoms with van der Waals surface area (Å²) in [7, 11) is 0. The molecule has 3 rings (SSSR count). The summed E-state index contributed by atoms with van der Waals surface area (Å²) in [6, 6.07) is 23.5. The van der Waals surface area contributed by atoms with Gasteiger partial charge in [-0.15, -0.1) is 0 Å². The average molecular weight is 390 g/mol. The highest BCUT2D eigenvalue weighted by molar-refractivity contribution is 7.81. The molecule has 0 radical (unpaired) electrons. The Bertz CT molecular complexity index is 951. The number of nitrogens with zero attached hydrogens (tertiary/aromatic N) is 1. The van der Waals surface area contributed by atoms with Crippen LogP contribution in [0.1, 0.15) is 37.3 Å². The highest BCUT2D eigenvalue weighted by atomic mass is 32.1. The third kappa shape index (κ3) is 4.65. The van der Waals surface area contributed by atoms with Crippen molar-refractivity contribution in [3.05, 3.63) is 96.3 Å². The van der Waals surface area contributed by atoms with Crippen LogP contribution in [0.2, 0.25) is 0 Å². The van der Waals surface area contributed by atoms with Crippen LogP contribution < -0.4 is 9.88 Å². The molecule has 0 aliphatic rings. The first-order chi connectivity index (χ1) is 13.6. The van der Waals surface area contributed by atoms with E-state index in [1.165, 1.54) is 5.56 Å². The first-order valence-corrected chi connectivity index (χ1v) is 9.87. The highest BCUT2D eigenvalue weighted by Gasteiger charge is 2.23. The van der Waals surface area contributed by atoms with Crippen LogP contribution in [0.4, 0.5) is 5.69 Å². The third-order valence-corrected chi connectivity index (χ3v) is 5.11. The number of aliphatic hydroxyl groups excluding tert-OH is 1. The minimum Gasteiger partial charge on any atom is -0.502 e. The lowest BCUT2D eigenvalue weighted by Gasteiger charge is -2.12. The van der Waals surface area contributed by atoms with Crippen molar-refractivity contribution >= 4 is 34.3 Å². The molecular formula is C24H25N2OS+. The predicted octanol–water partition coefficient (Wildman–Crippen LogP) is 5.81. The number of anilines is 1. The maximum absolute atomic E-state index is 11.1. The molecule has 1 atom stereocenters. The van der Waals surface area contributed by atoms with Crippen molar-refractivity contribution in [2.24, 2.45) is 0 Å². The fourth-order valence-corrected chi connectivity index (χ4v) is 3.27. The normalized spacial score (nSPS) is 12.8. The molecule has 0 saturated carbocycles. The molecule has 1 heterocycles. The van der Waals surface area contributed by atoms with E-state index in [4.69, 9.17) is 12.2 Å². The summed E-state index contributed by atoms with van der Waals surface area (Å²) in [4.78, 5) is 0.450. The van der Waals surface area contributed by atoms with Crippen LogP contribution >= 0.6 is 12.2 Å². The molecule has 2 aromatic carbocycles. The first-order valence-electron chi connectivity index (χ1n) is 9.46. The zero-order chi connectivity index (χ0) is 19.9. The van der Waals surface area contributed by atoms with Crippen molar-refractivity contribution in [3.8, 4) is 0 Å². The molecule has 3 nitrogen and oxygen atoms in total. The molecule has 1 aromatic heterocycles. The van der Waals surface area contributed by atoms with Gasteiger partial charge in [0.15, 0.2) is 23.1 Å². The smallest absolute Gasteiger partial charge is 0.288 e. The summed E-state index contributed by atoms with van der Waals surface area (Å²) in [6.07, 6.45) is 4.83. The zero-order valence-electron chi connectivity index (χ0n) is 16.2. The molecule has 0 bridgehead atoms. The Morgan fingerprint density at radius 3 is 2.18 bits per heavy atom. The number of aromatic nitrogens is 1. The van der Waals surface area contributed by atoms with E-state index in [9.17, 15) is 5.11 Å². The number of para-hydroxylation sites is 1. The van der Waals surface area contributed by atoms with Gasteiger partial charge in [0.1, 0.15) is 0 Å². The van der Waals surface area contributed by atoms with Gasteiger partial charge >= 0.3 is 0 Å². The maximum Gasteiger partial charge on any atom is 0.288 e. The number of thiocarbonyl (C=S) groups is 1. The van der Waals surface area contributed by atoms with E-state index in [0.717, 1.165) is 17.7 Å². The summed E-state index contributed by atoms with van der Waals surface area (Å²) in [5.74, 6) is 0.629. The monoisotopic (exact) mass is 389 g/mol. The summed E-state index contributed by atoms with van der Waals surface area (Å²) in [5, 5.41) is 14.3. The fraction of sp³-hybridized carbons (Fsp3) is 0.167. The summed E-state index contributed by atoms with van der Waals surface area (Å²) < 4.78 is 1.83. The zero-order valence-corrected chi connectivity index (χ0v) is 17.0. The van der Waals surface area contributed by atoms with E-state index in [-0.39, 0.29) is 5.76 Å². The molecule has 0 unspecified atom stereocenters. The van der Waals surface area contributed by atoms with Gasteiger partial charge in [0, 0.05) is 23.4 Å². The van der Waals surface area contributed by atoms with Crippen LogP contribution in [0.15, 0.2) is 85.2 Å². The van der Waals surface area contributed by atoms with Crippen LogP contribution in [-0.4, -0.2) is 10.1 Å². The highest BCUT2D eigenvalue weighted by Crippen LogP contribution is 2.23. The second-order valence-electron chi connectivity index (χ2n) is 6.73. The van der Waals surface area contributed by atoms with Gasteiger partial charge in [-0.2, -0.15) is 4.57 Å². The molecule has 2 N–H and O–H groups in total. The predicted molar refractivity (Wildman–Crippen MR) is 120 cm³/mol. The van der Waals surface area contributed by atoms with Gasteiger partial charge in [-0.1, -0.05) is 74.6 Å². The number of hydrogen-bond acceptors (Lipinski definition) is 2. The maximum atomic E-state index is 11.1. The van der Waals surface area contributed by atoms with E-state index < -0.39 is 0 Å². The summed E-state index contributed by atoms with van der Waals surface area (Å²) in [6.45, 7) is 4.38. The van der Waals surface area contributed by atoms with Crippen molar-refractivity contribution in [2.75, 3.05) is 5.32 Å². The molecule has 28 heavy (non-hydrogen) atoms. The van der Waals surface area contributed by atoms with Crippen LogP contribution in [0.3, 0.4) is 0 Å². The molecule has 4 heteroatoms. The second-order valence-corrected chi connectivity index (χ2v) is 7.14. The Morgan fingerprint density at radius 1 is 0.964 bits per heavy atom. The van der Waals surface area contributed by atoms with E-state index >= 15 is 0 Å². The van der Waals surface area contributed by atoms with Crippen molar-refractivity contribution in [3.63, 3.8) is 0 Å². The van der Waals surface area contributed by atoms with Gasteiger partial charge < -0.3 is 10.4 Å². The van der Waals surface area contributed by atoms with E-state index in [0.29, 0.717) is 16.6 Å². The molecular weight excluding hydrogens is 364 g/mol. The number of nitrogens with one attached hydrogen (secondary N) is 1. The van der Waals surface area contributed by atoms with Crippen LogP contribution in [0.25, 0.3) is 11.5 Å². The SMILES string of the molecule is CC[C@@H](C)c1ccc(C(O)=C(C(=S)Nc2ccccc2)[n+]2ccccc2)cc1. The summed E-state index contributed by atoms with van der Waals surface area (Å²) in [5.41, 5.74) is 3.41. The Hall–Kier alpha value is -2.98. The minimum absolute atomic E-state index is 0.139. The van der Waals surface area contributed by atoms with Gasteiger partial charge in [0.25, 0.3) is 5.70 Å².